The van der Waals surface area contributed by atoms with Crippen molar-refractivity contribution in [2.24, 2.45) is 0 Å². The zero-order valence-electron chi connectivity index (χ0n) is 10.7. The third-order valence-corrected chi connectivity index (χ3v) is 4.20. The van der Waals surface area contributed by atoms with E-state index in [2.05, 4.69) is 23.6 Å². The first-order valence-corrected chi connectivity index (χ1v) is 7.96. The standard InChI is InChI=1S/C13H27NOS/c1-2-3-6-13(15)7-4-5-8-14-9-11-16-12-10-14/h13,15H,2-12H2,1H3/t13-/m0/s1. The Morgan fingerprint density at radius 2 is 1.81 bits per heavy atom. The number of thioether (sulfide) groups is 1. The van der Waals surface area contributed by atoms with Crippen LogP contribution in [-0.2, 0) is 0 Å². The highest BCUT2D eigenvalue weighted by atomic mass is 32.2. The number of aliphatic hydroxyl groups is 1. The van der Waals surface area contributed by atoms with Crippen LogP contribution >= 0.6 is 11.8 Å². The normalized spacial score (nSPS) is 19.9. The number of aliphatic hydroxyl groups excluding tert-OH is 1. The Morgan fingerprint density at radius 3 is 2.50 bits per heavy atom. The van der Waals surface area contributed by atoms with Gasteiger partial charge < -0.3 is 10.0 Å². The van der Waals surface area contributed by atoms with Gasteiger partial charge in [0.05, 0.1) is 6.10 Å². The summed E-state index contributed by atoms with van der Waals surface area (Å²) in [5.41, 5.74) is 0. The minimum Gasteiger partial charge on any atom is -0.393 e. The first-order valence-electron chi connectivity index (χ1n) is 6.81. The second-order valence-corrected chi connectivity index (χ2v) is 5.97. The van der Waals surface area contributed by atoms with Gasteiger partial charge in [-0.2, -0.15) is 11.8 Å². The molecule has 0 spiro atoms. The molecular formula is C13H27NOS. The molecule has 0 bridgehead atoms. The molecule has 1 rings (SSSR count). The van der Waals surface area contributed by atoms with Crippen molar-refractivity contribution in [3.63, 3.8) is 0 Å². The monoisotopic (exact) mass is 245 g/mol. The fourth-order valence-corrected chi connectivity index (χ4v) is 3.10. The zero-order valence-corrected chi connectivity index (χ0v) is 11.5. The number of unbranched alkanes of at least 4 members (excludes halogenated alkanes) is 2. The van der Waals surface area contributed by atoms with E-state index in [0.717, 1.165) is 12.8 Å². The molecule has 0 radical (unpaired) electrons. The minimum absolute atomic E-state index is 0.0446. The summed E-state index contributed by atoms with van der Waals surface area (Å²) in [7, 11) is 0. The van der Waals surface area contributed by atoms with E-state index in [9.17, 15) is 5.11 Å². The molecular weight excluding hydrogens is 218 g/mol. The topological polar surface area (TPSA) is 23.5 Å². The van der Waals surface area contributed by atoms with E-state index in [-0.39, 0.29) is 6.10 Å². The lowest BCUT2D eigenvalue weighted by molar-refractivity contribution is 0.146. The molecule has 1 saturated heterocycles. The number of rotatable bonds is 8. The molecule has 0 aromatic heterocycles. The molecule has 1 aliphatic rings. The van der Waals surface area contributed by atoms with Gasteiger partial charge in [-0.1, -0.05) is 19.8 Å². The van der Waals surface area contributed by atoms with Gasteiger partial charge in [-0.05, 0) is 32.2 Å². The van der Waals surface area contributed by atoms with Gasteiger partial charge in [0.25, 0.3) is 0 Å². The first kappa shape index (κ1) is 14.3. The van der Waals surface area contributed by atoms with Crippen LogP contribution in [0.3, 0.4) is 0 Å². The third-order valence-electron chi connectivity index (χ3n) is 3.26. The molecule has 0 amide bonds. The maximum absolute atomic E-state index is 9.70. The van der Waals surface area contributed by atoms with E-state index >= 15 is 0 Å². The van der Waals surface area contributed by atoms with E-state index in [0.29, 0.717) is 0 Å². The van der Waals surface area contributed by atoms with Gasteiger partial charge in [-0.15, -0.1) is 0 Å². The summed E-state index contributed by atoms with van der Waals surface area (Å²) in [4.78, 5) is 2.56. The van der Waals surface area contributed by atoms with Crippen molar-refractivity contribution in [2.75, 3.05) is 31.1 Å². The Hall–Kier alpha value is 0.270. The molecule has 2 nitrogen and oxygen atoms in total. The third kappa shape index (κ3) is 6.77. The van der Waals surface area contributed by atoms with Crippen LogP contribution in [0, 0.1) is 0 Å². The molecule has 1 heterocycles. The first-order chi connectivity index (χ1) is 7.83. The van der Waals surface area contributed by atoms with Gasteiger partial charge in [-0.3, -0.25) is 0 Å². The van der Waals surface area contributed by atoms with Crippen molar-refractivity contribution in [2.45, 2.75) is 51.6 Å². The average Bonchev–Trinajstić information content (AvgIpc) is 2.33. The van der Waals surface area contributed by atoms with Gasteiger partial charge in [-0.25, -0.2) is 0 Å². The molecule has 1 fully saturated rings. The Labute approximate surface area is 105 Å². The summed E-state index contributed by atoms with van der Waals surface area (Å²) >= 11 is 2.07. The Morgan fingerprint density at radius 1 is 1.12 bits per heavy atom. The van der Waals surface area contributed by atoms with Gasteiger partial charge >= 0.3 is 0 Å². The van der Waals surface area contributed by atoms with E-state index in [1.807, 2.05) is 0 Å². The summed E-state index contributed by atoms with van der Waals surface area (Å²) in [5, 5.41) is 9.70. The highest BCUT2D eigenvalue weighted by Crippen LogP contribution is 2.12. The molecule has 1 aliphatic heterocycles. The van der Waals surface area contributed by atoms with Gasteiger partial charge in [0, 0.05) is 24.6 Å². The lowest BCUT2D eigenvalue weighted by Crippen LogP contribution is -2.33. The van der Waals surface area contributed by atoms with Crippen molar-refractivity contribution < 1.29 is 5.11 Å². The van der Waals surface area contributed by atoms with Crippen LogP contribution in [0.25, 0.3) is 0 Å². The van der Waals surface area contributed by atoms with Gasteiger partial charge in [0.1, 0.15) is 0 Å². The van der Waals surface area contributed by atoms with E-state index in [1.54, 1.807) is 0 Å². The van der Waals surface area contributed by atoms with Crippen LogP contribution in [0.2, 0.25) is 0 Å². The largest absolute Gasteiger partial charge is 0.393 e. The molecule has 16 heavy (non-hydrogen) atoms. The fourth-order valence-electron chi connectivity index (χ4n) is 2.12. The highest BCUT2D eigenvalue weighted by Gasteiger charge is 2.09. The van der Waals surface area contributed by atoms with Crippen molar-refractivity contribution >= 4 is 11.8 Å². The van der Waals surface area contributed by atoms with Crippen molar-refractivity contribution in [1.29, 1.82) is 0 Å². The summed E-state index contributed by atoms with van der Waals surface area (Å²) in [5.74, 6) is 2.61. The minimum atomic E-state index is -0.0446. The summed E-state index contributed by atoms with van der Waals surface area (Å²) in [6, 6.07) is 0. The molecule has 1 atom stereocenters. The van der Waals surface area contributed by atoms with E-state index < -0.39 is 0 Å². The summed E-state index contributed by atoms with van der Waals surface area (Å²) < 4.78 is 0. The number of hydrogen-bond acceptors (Lipinski definition) is 3. The zero-order chi connectivity index (χ0) is 11.6. The predicted octanol–water partition coefficient (Wildman–Crippen LogP) is 2.76. The average molecular weight is 245 g/mol. The second-order valence-electron chi connectivity index (χ2n) is 4.75. The molecule has 3 heteroatoms. The summed E-state index contributed by atoms with van der Waals surface area (Å²) in [6.07, 6.45) is 6.77. The molecule has 0 aromatic carbocycles. The van der Waals surface area contributed by atoms with E-state index in [1.165, 1.54) is 56.8 Å². The van der Waals surface area contributed by atoms with Crippen LogP contribution in [0.15, 0.2) is 0 Å². The molecule has 96 valence electrons. The second kappa shape index (κ2) is 9.32. The summed E-state index contributed by atoms with van der Waals surface area (Å²) in [6.45, 7) is 5.95. The predicted molar refractivity (Wildman–Crippen MR) is 73.1 cm³/mol. The van der Waals surface area contributed by atoms with Crippen molar-refractivity contribution in [3.05, 3.63) is 0 Å². The quantitative estimate of drug-likeness (QED) is 0.665. The lowest BCUT2D eigenvalue weighted by atomic mass is 10.1. The number of nitrogens with zero attached hydrogens (tertiary/aromatic N) is 1. The van der Waals surface area contributed by atoms with Crippen molar-refractivity contribution in [3.8, 4) is 0 Å². The molecule has 0 unspecified atom stereocenters. The fraction of sp³-hybridized carbons (Fsp3) is 1.00. The van der Waals surface area contributed by atoms with Crippen LogP contribution in [0.1, 0.15) is 45.4 Å². The lowest BCUT2D eigenvalue weighted by Gasteiger charge is -2.26. The van der Waals surface area contributed by atoms with E-state index in [4.69, 9.17) is 0 Å². The molecule has 0 aromatic rings. The maximum Gasteiger partial charge on any atom is 0.0540 e. The van der Waals surface area contributed by atoms with Gasteiger partial charge in [0.15, 0.2) is 0 Å². The maximum atomic E-state index is 9.70. The molecule has 0 aliphatic carbocycles. The highest BCUT2D eigenvalue weighted by molar-refractivity contribution is 7.99. The number of hydrogen-bond donors (Lipinski definition) is 1. The van der Waals surface area contributed by atoms with Crippen LogP contribution in [0.4, 0.5) is 0 Å². The molecule has 0 saturated carbocycles. The van der Waals surface area contributed by atoms with Gasteiger partial charge in [0.2, 0.25) is 0 Å². The van der Waals surface area contributed by atoms with Crippen LogP contribution in [-0.4, -0.2) is 47.3 Å². The van der Waals surface area contributed by atoms with Crippen LogP contribution < -0.4 is 0 Å². The molecule has 1 N–H and O–H groups in total. The smallest absolute Gasteiger partial charge is 0.0540 e. The Kier molecular flexibility index (Phi) is 8.34. The Balaban J connectivity index is 1.90. The van der Waals surface area contributed by atoms with Crippen LogP contribution in [0.5, 0.6) is 0 Å². The Bertz CT molecular complexity index is 160. The SMILES string of the molecule is CCCC[C@H](O)CCCCN1CCSCC1. The van der Waals surface area contributed by atoms with Crippen molar-refractivity contribution in [1.82, 2.24) is 4.90 Å².